The number of hydroxylamine groups is 1. The highest BCUT2D eigenvalue weighted by Crippen LogP contribution is 2.27. The second-order valence-corrected chi connectivity index (χ2v) is 7.18. The van der Waals surface area contributed by atoms with Crippen LogP contribution in [0.1, 0.15) is 18.2 Å². The molecular formula is C23H22N2O6S. The van der Waals surface area contributed by atoms with Crippen molar-refractivity contribution >= 4 is 45.4 Å². The summed E-state index contributed by atoms with van der Waals surface area (Å²) in [5, 5.41) is 12.2. The molecule has 32 heavy (non-hydrogen) atoms. The Morgan fingerprint density at radius 2 is 1.84 bits per heavy atom. The molecule has 0 aliphatic rings. The predicted molar refractivity (Wildman–Crippen MR) is 123 cm³/mol. The summed E-state index contributed by atoms with van der Waals surface area (Å²) in [4.78, 5) is 24.5. The zero-order valence-corrected chi connectivity index (χ0v) is 18.3. The van der Waals surface area contributed by atoms with Crippen LogP contribution in [0.25, 0.3) is 16.5 Å². The topological polar surface area (TPSA) is 110 Å². The molecule has 0 radical (unpaired) electrons. The van der Waals surface area contributed by atoms with Gasteiger partial charge in [-0.3, -0.25) is 20.3 Å². The third-order valence-corrected chi connectivity index (χ3v) is 4.88. The molecule has 0 saturated heterocycles. The number of amides is 1. The van der Waals surface area contributed by atoms with E-state index in [-0.39, 0.29) is 18.1 Å². The van der Waals surface area contributed by atoms with Crippen molar-refractivity contribution in [2.45, 2.75) is 6.92 Å². The highest BCUT2D eigenvalue weighted by atomic mass is 32.1. The van der Waals surface area contributed by atoms with Gasteiger partial charge >= 0.3 is 0 Å². The fourth-order valence-electron chi connectivity index (χ4n) is 2.86. The van der Waals surface area contributed by atoms with Crippen LogP contribution in [-0.2, 0) is 9.59 Å². The molecule has 0 fully saturated rings. The maximum Gasteiger partial charge on any atom is 0.291 e. The van der Waals surface area contributed by atoms with Gasteiger partial charge in [0.15, 0.2) is 0 Å². The Hall–Kier alpha value is -3.69. The number of methoxy groups -OCH3 is 1. The summed E-state index contributed by atoms with van der Waals surface area (Å²) in [6.07, 6.45) is 1.24. The molecule has 0 aliphatic carbocycles. The summed E-state index contributed by atoms with van der Waals surface area (Å²) in [6.45, 7) is 2.03. The number of thiocarbonyl (C=S) groups is 1. The van der Waals surface area contributed by atoms with E-state index >= 15 is 0 Å². The van der Waals surface area contributed by atoms with Gasteiger partial charge < -0.3 is 19.2 Å². The Kier molecular flexibility index (Phi) is 7.58. The average Bonchev–Trinajstić information content (AvgIpc) is 3.25. The third kappa shape index (κ3) is 5.71. The van der Waals surface area contributed by atoms with E-state index in [1.807, 2.05) is 11.5 Å². The highest BCUT2D eigenvalue weighted by Gasteiger charge is 2.13. The normalized spacial score (nSPS) is 11.2. The SMILES string of the molecule is COc1ccc2oc(C(C)=CC(=O)C(=O)NCCOc3ccc(C(=S)NO)cc3)cc2c1. The van der Waals surface area contributed by atoms with Crippen molar-refractivity contribution in [1.82, 2.24) is 10.8 Å². The van der Waals surface area contributed by atoms with E-state index < -0.39 is 11.7 Å². The van der Waals surface area contributed by atoms with Crippen LogP contribution in [0.2, 0.25) is 0 Å². The number of ketones is 1. The summed E-state index contributed by atoms with van der Waals surface area (Å²) in [6, 6.07) is 13.9. The van der Waals surface area contributed by atoms with E-state index in [2.05, 4.69) is 5.32 Å². The minimum atomic E-state index is -0.736. The van der Waals surface area contributed by atoms with Gasteiger partial charge in [-0.25, -0.2) is 0 Å². The molecule has 8 nitrogen and oxygen atoms in total. The molecule has 0 unspecified atom stereocenters. The summed E-state index contributed by atoms with van der Waals surface area (Å²) >= 11 is 4.92. The Labute approximate surface area is 189 Å². The maximum atomic E-state index is 12.2. The quantitative estimate of drug-likeness (QED) is 0.149. The third-order valence-electron chi connectivity index (χ3n) is 4.56. The molecule has 3 aromatic rings. The van der Waals surface area contributed by atoms with Crippen LogP contribution in [0.5, 0.6) is 11.5 Å². The first-order valence-electron chi connectivity index (χ1n) is 9.67. The van der Waals surface area contributed by atoms with Crippen LogP contribution in [0, 0.1) is 0 Å². The van der Waals surface area contributed by atoms with E-state index in [9.17, 15) is 9.59 Å². The van der Waals surface area contributed by atoms with Crippen LogP contribution in [0.3, 0.4) is 0 Å². The molecule has 3 rings (SSSR count). The number of nitrogens with one attached hydrogen (secondary N) is 2. The standard InChI is InChI=1S/C23H22N2O6S/c1-14(21-13-16-12-18(29-2)7-8-20(16)31-21)11-19(26)22(27)24-9-10-30-17-5-3-15(4-6-17)23(32)25-28/h3-8,11-13,28H,9-10H2,1-2H3,(H,24,27)(H,25,32). The van der Waals surface area contributed by atoms with Crippen molar-refractivity contribution in [2.24, 2.45) is 0 Å². The zero-order chi connectivity index (χ0) is 23.1. The van der Waals surface area contributed by atoms with Crippen molar-refractivity contribution < 1.29 is 28.7 Å². The lowest BCUT2D eigenvalue weighted by molar-refractivity contribution is -0.135. The van der Waals surface area contributed by atoms with E-state index in [0.717, 1.165) is 5.39 Å². The van der Waals surface area contributed by atoms with Crippen LogP contribution in [0.15, 0.2) is 59.0 Å². The fourth-order valence-corrected chi connectivity index (χ4v) is 3.00. The van der Waals surface area contributed by atoms with Crippen molar-refractivity contribution in [3.05, 3.63) is 65.9 Å². The number of hydrogen-bond acceptors (Lipinski definition) is 7. The highest BCUT2D eigenvalue weighted by molar-refractivity contribution is 7.80. The average molecular weight is 455 g/mol. The van der Waals surface area contributed by atoms with Crippen molar-refractivity contribution in [1.29, 1.82) is 0 Å². The van der Waals surface area contributed by atoms with Gasteiger partial charge in [0.05, 0.1) is 13.7 Å². The summed E-state index contributed by atoms with van der Waals surface area (Å²) < 4.78 is 16.4. The number of fused-ring (bicyclic) bond motifs is 1. The Bertz CT molecular complexity index is 1170. The second kappa shape index (κ2) is 10.6. The summed E-state index contributed by atoms with van der Waals surface area (Å²) in [5.74, 6) is 0.338. The summed E-state index contributed by atoms with van der Waals surface area (Å²) in [5.41, 5.74) is 3.74. The lowest BCUT2D eigenvalue weighted by atomic mass is 10.1. The van der Waals surface area contributed by atoms with Crippen LogP contribution in [-0.4, -0.2) is 42.1 Å². The van der Waals surface area contributed by atoms with Gasteiger partial charge in [0.2, 0.25) is 5.78 Å². The molecule has 3 N–H and O–H groups in total. The molecule has 9 heteroatoms. The number of hydrogen-bond donors (Lipinski definition) is 3. The van der Waals surface area contributed by atoms with Crippen molar-refractivity contribution in [2.75, 3.05) is 20.3 Å². The molecule has 1 amide bonds. The molecule has 0 bridgehead atoms. The molecule has 1 aromatic heterocycles. The second-order valence-electron chi connectivity index (χ2n) is 6.78. The van der Waals surface area contributed by atoms with Gasteiger partial charge in [-0.2, -0.15) is 0 Å². The molecule has 0 spiro atoms. The molecule has 1 heterocycles. The monoisotopic (exact) mass is 454 g/mol. The number of ether oxygens (including phenoxy) is 2. The number of furan rings is 1. The van der Waals surface area contributed by atoms with E-state index in [1.165, 1.54) is 6.08 Å². The Balaban J connectivity index is 1.50. The summed E-state index contributed by atoms with van der Waals surface area (Å²) in [7, 11) is 1.58. The lowest BCUT2D eigenvalue weighted by Gasteiger charge is -2.08. The van der Waals surface area contributed by atoms with Gasteiger partial charge in [0, 0.05) is 10.9 Å². The number of carbonyl (C=O) groups excluding carboxylic acids is 2. The molecule has 0 atom stereocenters. The zero-order valence-electron chi connectivity index (χ0n) is 17.5. The van der Waals surface area contributed by atoms with Gasteiger partial charge in [0.1, 0.15) is 34.4 Å². The maximum absolute atomic E-state index is 12.2. The van der Waals surface area contributed by atoms with Crippen LogP contribution < -0.4 is 20.3 Å². The van der Waals surface area contributed by atoms with Crippen LogP contribution >= 0.6 is 12.2 Å². The molecule has 0 saturated carbocycles. The van der Waals surface area contributed by atoms with Crippen molar-refractivity contribution in [3.63, 3.8) is 0 Å². The number of rotatable bonds is 9. The van der Waals surface area contributed by atoms with E-state index in [0.29, 0.717) is 34.0 Å². The smallest absolute Gasteiger partial charge is 0.291 e. The van der Waals surface area contributed by atoms with Gasteiger partial charge in [-0.15, -0.1) is 0 Å². The van der Waals surface area contributed by atoms with Crippen LogP contribution in [0.4, 0.5) is 0 Å². The van der Waals surface area contributed by atoms with Gasteiger partial charge in [-0.1, -0.05) is 12.2 Å². The molecular weight excluding hydrogens is 432 g/mol. The fraction of sp³-hybridized carbons (Fsp3) is 0.174. The van der Waals surface area contributed by atoms with Crippen molar-refractivity contribution in [3.8, 4) is 11.5 Å². The number of carbonyl (C=O) groups is 2. The first-order chi connectivity index (χ1) is 15.4. The lowest BCUT2D eigenvalue weighted by Crippen LogP contribution is -2.33. The first kappa shape index (κ1) is 23.0. The minimum absolute atomic E-state index is 0.153. The largest absolute Gasteiger partial charge is 0.497 e. The van der Waals surface area contributed by atoms with E-state index in [4.69, 9.17) is 31.3 Å². The Morgan fingerprint density at radius 3 is 2.53 bits per heavy atom. The molecule has 0 aliphatic heterocycles. The van der Waals surface area contributed by atoms with E-state index in [1.54, 1.807) is 56.5 Å². The minimum Gasteiger partial charge on any atom is -0.497 e. The Morgan fingerprint density at radius 1 is 1.12 bits per heavy atom. The first-order valence-corrected chi connectivity index (χ1v) is 10.1. The predicted octanol–water partition coefficient (Wildman–Crippen LogP) is 3.26. The molecule has 166 valence electrons. The number of allylic oxidation sites excluding steroid dienone is 1. The van der Waals surface area contributed by atoms with Gasteiger partial charge in [0.25, 0.3) is 5.91 Å². The van der Waals surface area contributed by atoms with Gasteiger partial charge in [-0.05, 0) is 67.1 Å². The molecule has 2 aromatic carbocycles. The number of benzene rings is 2.